The highest BCUT2D eigenvalue weighted by Crippen LogP contribution is 2.22. The van der Waals surface area contributed by atoms with E-state index in [1.807, 2.05) is 0 Å². The third-order valence-electron chi connectivity index (χ3n) is 3.67. The molecule has 1 aliphatic heterocycles. The Kier molecular flexibility index (Phi) is 5.00. The van der Waals surface area contributed by atoms with E-state index in [2.05, 4.69) is 5.32 Å². The zero-order valence-corrected chi connectivity index (χ0v) is 13.3. The Morgan fingerprint density at radius 1 is 1.19 bits per heavy atom. The highest BCUT2D eigenvalue weighted by atomic mass is 32.2. The minimum absolute atomic E-state index is 0.141. The Bertz CT molecular complexity index is 603. The molecule has 0 aliphatic carbocycles. The summed E-state index contributed by atoms with van der Waals surface area (Å²) in [6.45, 7) is 6.15. The second-order valence-corrected chi connectivity index (χ2v) is 7.96. The van der Waals surface area contributed by atoms with E-state index in [0.717, 1.165) is 19.5 Å². The first-order valence-electron chi connectivity index (χ1n) is 7.27. The number of amides is 1. The van der Waals surface area contributed by atoms with Crippen molar-refractivity contribution in [2.75, 3.05) is 26.2 Å². The molecule has 0 bridgehead atoms. The van der Waals surface area contributed by atoms with E-state index in [1.165, 1.54) is 6.07 Å². The summed E-state index contributed by atoms with van der Waals surface area (Å²) in [4.78, 5) is 14.5. The molecule has 21 heavy (non-hydrogen) atoms. The van der Waals surface area contributed by atoms with Gasteiger partial charge in [-0.2, -0.15) is 0 Å². The van der Waals surface area contributed by atoms with Crippen molar-refractivity contribution in [1.82, 2.24) is 10.2 Å². The third-order valence-corrected chi connectivity index (χ3v) is 5.88. The zero-order valence-electron chi connectivity index (χ0n) is 12.5. The van der Waals surface area contributed by atoms with Crippen LogP contribution in [0, 0.1) is 0 Å². The number of nitrogens with one attached hydrogen (secondary N) is 1. The van der Waals surface area contributed by atoms with Crippen molar-refractivity contribution in [3.63, 3.8) is 0 Å². The van der Waals surface area contributed by atoms with Gasteiger partial charge in [0.15, 0.2) is 9.84 Å². The quantitative estimate of drug-likeness (QED) is 0.914. The SMILES string of the molecule is CC(C)S(=O)(=O)c1ccccc1C(=O)N1CCCNCC1. The minimum Gasteiger partial charge on any atom is -0.337 e. The van der Waals surface area contributed by atoms with E-state index in [0.29, 0.717) is 13.1 Å². The third kappa shape index (κ3) is 3.44. The highest BCUT2D eigenvalue weighted by molar-refractivity contribution is 7.92. The van der Waals surface area contributed by atoms with E-state index in [-0.39, 0.29) is 16.4 Å². The highest BCUT2D eigenvalue weighted by Gasteiger charge is 2.27. The maximum absolute atomic E-state index is 12.7. The predicted octanol–water partition coefficient (Wildman–Crippen LogP) is 1.30. The molecule has 1 saturated heterocycles. The molecule has 5 nitrogen and oxygen atoms in total. The predicted molar refractivity (Wildman–Crippen MR) is 82.2 cm³/mol. The van der Waals surface area contributed by atoms with Crippen LogP contribution in [0.4, 0.5) is 0 Å². The van der Waals surface area contributed by atoms with Crippen LogP contribution in [-0.4, -0.2) is 50.7 Å². The van der Waals surface area contributed by atoms with Gasteiger partial charge in [0.25, 0.3) is 5.91 Å². The largest absolute Gasteiger partial charge is 0.337 e. The molecule has 0 aromatic heterocycles. The standard InChI is InChI=1S/C15H22N2O3S/c1-12(2)21(19,20)14-7-4-3-6-13(14)15(18)17-10-5-8-16-9-11-17/h3-4,6-7,12,16H,5,8-11H2,1-2H3. The second kappa shape index (κ2) is 6.58. The fourth-order valence-electron chi connectivity index (χ4n) is 2.36. The lowest BCUT2D eigenvalue weighted by Crippen LogP contribution is -2.35. The average molecular weight is 310 g/mol. The molecule has 1 amide bonds. The van der Waals surface area contributed by atoms with E-state index in [4.69, 9.17) is 0 Å². The molecule has 1 N–H and O–H groups in total. The van der Waals surface area contributed by atoms with Crippen LogP contribution < -0.4 is 5.32 Å². The van der Waals surface area contributed by atoms with Crippen LogP contribution in [-0.2, 0) is 9.84 Å². The topological polar surface area (TPSA) is 66.5 Å². The summed E-state index contributed by atoms with van der Waals surface area (Å²) in [7, 11) is -3.46. The van der Waals surface area contributed by atoms with Crippen LogP contribution in [0.25, 0.3) is 0 Å². The first-order valence-corrected chi connectivity index (χ1v) is 8.82. The average Bonchev–Trinajstić information content (AvgIpc) is 2.75. The maximum Gasteiger partial charge on any atom is 0.255 e. The second-order valence-electron chi connectivity index (χ2n) is 5.49. The fourth-order valence-corrected chi connectivity index (χ4v) is 3.60. The minimum atomic E-state index is -3.46. The van der Waals surface area contributed by atoms with Gasteiger partial charge in [0, 0.05) is 19.6 Å². The monoisotopic (exact) mass is 310 g/mol. The summed E-state index contributed by atoms with van der Waals surface area (Å²) >= 11 is 0. The van der Waals surface area contributed by atoms with Crippen molar-refractivity contribution in [3.8, 4) is 0 Å². The van der Waals surface area contributed by atoms with Gasteiger partial charge >= 0.3 is 0 Å². The Hall–Kier alpha value is -1.40. The lowest BCUT2D eigenvalue weighted by molar-refractivity contribution is 0.0762. The molecule has 6 heteroatoms. The number of rotatable bonds is 3. The van der Waals surface area contributed by atoms with E-state index in [1.54, 1.807) is 36.9 Å². The lowest BCUT2D eigenvalue weighted by atomic mass is 10.2. The fraction of sp³-hybridized carbons (Fsp3) is 0.533. The molecule has 0 spiro atoms. The molecule has 2 rings (SSSR count). The maximum atomic E-state index is 12.7. The smallest absolute Gasteiger partial charge is 0.255 e. The summed E-state index contributed by atoms with van der Waals surface area (Å²) in [5.41, 5.74) is 0.285. The number of carbonyl (C=O) groups excluding carboxylic acids is 1. The Labute approximate surface area is 126 Å². The van der Waals surface area contributed by atoms with Crippen molar-refractivity contribution in [2.45, 2.75) is 30.4 Å². The first kappa shape index (κ1) is 16.0. The van der Waals surface area contributed by atoms with Crippen LogP contribution in [0.1, 0.15) is 30.6 Å². The van der Waals surface area contributed by atoms with Crippen LogP contribution in [0.5, 0.6) is 0 Å². The molecular formula is C15H22N2O3S. The van der Waals surface area contributed by atoms with Gasteiger partial charge < -0.3 is 10.2 Å². The number of carbonyl (C=O) groups is 1. The summed E-state index contributed by atoms with van der Waals surface area (Å²) in [5.74, 6) is -0.196. The van der Waals surface area contributed by atoms with Gasteiger partial charge in [0.1, 0.15) is 0 Å². The Morgan fingerprint density at radius 3 is 2.62 bits per heavy atom. The molecule has 1 aromatic carbocycles. The zero-order chi connectivity index (χ0) is 15.5. The summed E-state index contributed by atoms with van der Waals surface area (Å²) in [6.07, 6.45) is 0.880. The number of benzene rings is 1. The number of hydrogen-bond donors (Lipinski definition) is 1. The molecular weight excluding hydrogens is 288 g/mol. The Balaban J connectivity index is 2.38. The van der Waals surface area contributed by atoms with Crippen molar-refractivity contribution in [2.24, 2.45) is 0 Å². The van der Waals surface area contributed by atoms with Gasteiger partial charge in [-0.25, -0.2) is 8.42 Å². The van der Waals surface area contributed by atoms with Crippen molar-refractivity contribution >= 4 is 15.7 Å². The number of sulfone groups is 1. The number of nitrogens with zero attached hydrogens (tertiary/aromatic N) is 1. The van der Waals surface area contributed by atoms with Gasteiger partial charge in [0.05, 0.1) is 15.7 Å². The van der Waals surface area contributed by atoms with Crippen molar-refractivity contribution in [1.29, 1.82) is 0 Å². The number of hydrogen-bond acceptors (Lipinski definition) is 4. The molecule has 0 radical (unpaired) electrons. The summed E-state index contributed by atoms with van der Waals surface area (Å²) in [5, 5.41) is 2.69. The summed E-state index contributed by atoms with van der Waals surface area (Å²) in [6, 6.07) is 6.51. The van der Waals surface area contributed by atoms with Crippen LogP contribution in [0.2, 0.25) is 0 Å². The van der Waals surface area contributed by atoms with Gasteiger partial charge in [0.2, 0.25) is 0 Å². The van der Waals surface area contributed by atoms with Gasteiger partial charge in [-0.1, -0.05) is 12.1 Å². The molecule has 0 atom stereocenters. The molecule has 1 aromatic rings. The molecule has 116 valence electrons. The molecule has 1 aliphatic rings. The van der Waals surface area contributed by atoms with Crippen LogP contribution in [0.3, 0.4) is 0 Å². The normalized spacial score (nSPS) is 16.8. The van der Waals surface area contributed by atoms with Gasteiger partial charge in [-0.05, 0) is 38.9 Å². The first-order chi connectivity index (χ1) is 9.94. The molecule has 1 fully saturated rings. The lowest BCUT2D eigenvalue weighted by Gasteiger charge is -2.22. The van der Waals surface area contributed by atoms with E-state index < -0.39 is 15.1 Å². The van der Waals surface area contributed by atoms with Crippen molar-refractivity contribution in [3.05, 3.63) is 29.8 Å². The Morgan fingerprint density at radius 2 is 1.90 bits per heavy atom. The van der Waals surface area contributed by atoms with E-state index in [9.17, 15) is 13.2 Å². The van der Waals surface area contributed by atoms with E-state index >= 15 is 0 Å². The molecule has 1 heterocycles. The van der Waals surface area contributed by atoms with Crippen LogP contribution in [0.15, 0.2) is 29.2 Å². The van der Waals surface area contributed by atoms with Crippen molar-refractivity contribution < 1.29 is 13.2 Å². The summed E-state index contributed by atoms with van der Waals surface area (Å²) < 4.78 is 24.8. The van der Waals surface area contributed by atoms with Crippen LogP contribution >= 0.6 is 0 Å². The van der Waals surface area contributed by atoms with Gasteiger partial charge in [-0.15, -0.1) is 0 Å². The molecule has 0 saturated carbocycles. The molecule has 0 unspecified atom stereocenters. The van der Waals surface area contributed by atoms with Gasteiger partial charge in [-0.3, -0.25) is 4.79 Å².